The number of benzene rings is 2. The summed E-state index contributed by atoms with van der Waals surface area (Å²) in [5, 5.41) is 10.6. The third-order valence-corrected chi connectivity index (χ3v) is 3.38. The summed E-state index contributed by atoms with van der Waals surface area (Å²) in [4.78, 5) is 12.1. The van der Waals surface area contributed by atoms with E-state index in [2.05, 4.69) is 20.4 Å². The molecule has 0 aliphatic heterocycles. The lowest BCUT2D eigenvalue weighted by Gasteiger charge is -2.11. The van der Waals surface area contributed by atoms with Crippen molar-refractivity contribution in [2.45, 2.75) is 19.7 Å². The summed E-state index contributed by atoms with van der Waals surface area (Å²) in [7, 11) is 0. The predicted molar refractivity (Wildman–Crippen MR) is 82.4 cm³/mol. The molecular formula is C16H14F2N4O2. The van der Waals surface area contributed by atoms with E-state index in [0.717, 1.165) is 5.52 Å². The van der Waals surface area contributed by atoms with Crippen LogP contribution < -0.4 is 10.1 Å². The van der Waals surface area contributed by atoms with Crippen molar-refractivity contribution >= 4 is 16.9 Å². The van der Waals surface area contributed by atoms with Crippen LogP contribution in [0.4, 0.5) is 8.78 Å². The first-order valence-corrected chi connectivity index (χ1v) is 7.21. The molecule has 0 atom stereocenters. The van der Waals surface area contributed by atoms with Crippen molar-refractivity contribution in [2.75, 3.05) is 0 Å². The highest BCUT2D eigenvalue weighted by Crippen LogP contribution is 2.20. The van der Waals surface area contributed by atoms with Crippen LogP contribution in [0.15, 0.2) is 48.5 Å². The van der Waals surface area contributed by atoms with Gasteiger partial charge in [-0.05, 0) is 18.2 Å². The van der Waals surface area contributed by atoms with Crippen LogP contribution in [0.1, 0.15) is 5.56 Å². The number of carbonyl (C=O) groups excluding carboxylic acids is 1. The fraction of sp³-hybridized carbons (Fsp3) is 0.188. The molecule has 0 fully saturated rings. The van der Waals surface area contributed by atoms with Crippen LogP contribution in [-0.4, -0.2) is 27.5 Å². The van der Waals surface area contributed by atoms with Crippen molar-refractivity contribution < 1.29 is 18.3 Å². The van der Waals surface area contributed by atoms with Gasteiger partial charge < -0.3 is 10.1 Å². The summed E-state index contributed by atoms with van der Waals surface area (Å²) in [5.41, 5.74) is 1.91. The van der Waals surface area contributed by atoms with E-state index >= 15 is 0 Å². The Morgan fingerprint density at radius 1 is 1.17 bits per heavy atom. The van der Waals surface area contributed by atoms with Gasteiger partial charge in [-0.15, -0.1) is 5.10 Å². The summed E-state index contributed by atoms with van der Waals surface area (Å²) in [6.45, 7) is -2.85. The summed E-state index contributed by atoms with van der Waals surface area (Å²) < 4.78 is 30.7. The number of para-hydroxylation sites is 2. The molecule has 124 valence electrons. The summed E-state index contributed by atoms with van der Waals surface area (Å²) in [6, 6.07) is 13.6. The number of rotatable bonds is 6. The SMILES string of the molecule is O=C(Cn1nnc2ccccc21)NCc1ccccc1OC(F)F. The van der Waals surface area contributed by atoms with Gasteiger partial charge in [-0.3, -0.25) is 4.79 Å². The molecule has 0 bridgehead atoms. The van der Waals surface area contributed by atoms with Crippen molar-refractivity contribution in [3.63, 3.8) is 0 Å². The van der Waals surface area contributed by atoms with E-state index in [1.54, 1.807) is 24.3 Å². The fourth-order valence-corrected chi connectivity index (χ4v) is 2.28. The van der Waals surface area contributed by atoms with E-state index in [4.69, 9.17) is 0 Å². The highest BCUT2D eigenvalue weighted by molar-refractivity contribution is 5.79. The second-order valence-corrected chi connectivity index (χ2v) is 5.00. The normalized spacial score (nSPS) is 11.0. The molecule has 3 rings (SSSR count). The van der Waals surface area contributed by atoms with Crippen LogP contribution in [-0.2, 0) is 17.9 Å². The molecule has 2 aromatic carbocycles. The van der Waals surface area contributed by atoms with Crippen molar-refractivity contribution in [1.29, 1.82) is 0 Å². The van der Waals surface area contributed by atoms with Gasteiger partial charge in [0.1, 0.15) is 17.8 Å². The standard InChI is InChI=1S/C16H14F2N4O2/c17-16(18)24-14-8-4-1-5-11(14)9-19-15(23)10-22-13-7-3-2-6-12(13)20-21-22/h1-8,16H,9-10H2,(H,19,23). The average molecular weight is 332 g/mol. The van der Waals surface area contributed by atoms with Gasteiger partial charge in [-0.2, -0.15) is 8.78 Å². The monoisotopic (exact) mass is 332 g/mol. The molecule has 0 saturated heterocycles. The smallest absolute Gasteiger partial charge is 0.387 e. The summed E-state index contributed by atoms with van der Waals surface area (Å²) >= 11 is 0. The van der Waals surface area contributed by atoms with Crippen LogP contribution >= 0.6 is 0 Å². The fourth-order valence-electron chi connectivity index (χ4n) is 2.28. The number of carbonyl (C=O) groups is 1. The third-order valence-electron chi connectivity index (χ3n) is 3.38. The van der Waals surface area contributed by atoms with E-state index in [1.807, 2.05) is 18.2 Å². The van der Waals surface area contributed by atoms with Gasteiger partial charge in [0.2, 0.25) is 5.91 Å². The molecule has 0 radical (unpaired) electrons. The van der Waals surface area contributed by atoms with Crippen LogP contribution in [0.3, 0.4) is 0 Å². The number of fused-ring (bicyclic) bond motifs is 1. The molecule has 1 heterocycles. The number of amides is 1. The topological polar surface area (TPSA) is 69.0 Å². The van der Waals surface area contributed by atoms with Crippen molar-refractivity contribution in [1.82, 2.24) is 20.3 Å². The van der Waals surface area contributed by atoms with E-state index in [-0.39, 0.29) is 24.7 Å². The van der Waals surface area contributed by atoms with Gasteiger partial charge in [0.05, 0.1) is 5.52 Å². The average Bonchev–Trinajstić information content (AvgIpc) is 2.97. The Hall–Kier alpha value is -3.03. The predicted octanol–water partition coefficient (Wildman–Crippen LogP) is 2.35. The van der Waals surface area contributed by atoms with E-state index in [0.29, 0.717) is 11.1 Å². The summed E-state index contributed by atoms with van der Waals surface area (Å²) in [6.07, 6.45) is 0. The molecule has 8 heteroatoms. The molecule has 1 N–H and O–H groups in total. The quantitative estimate of drug-likeness (QED) is 0.752. The van der Waals surface area contributed by atoms with Crippen LogP contribution in [0.2, 0.25) is 0 Å². The minimum absolute atomic E-state index is 0.0155. The van der Waals surface area contributed by atoms with Gasteiger partial charge >= 0.3 is 6.61 Å². The Morgan fingerprint density at radius 2 is 1.92 bits per heavy atom. The number of alkyl halides is 2. The van der Waals surface area contributed by atoms with Crippen molar-refractivity contribution in [2.24, 2.45) is 0 Å². The maximum Gasteiger partial charge on any atom is 0.387 e. The van der Waals surface area contributed by atoms with E-state index in [9.17, 15) is 13.6 Å². The molecule has 1 amide bonds. The van der Waals surface area contributed by atoms with Crippen molar-refractivity contribution in [3.8, 4) is 5.75 Å². The number of hydrogen-bond donors (Lipinski definition) is 1. The van der Waals surface area contributed by atoms with E-state index < -0.39 is 6.61 Å². The molecule has 0 unspecified atom stereocenters. The first kappa shape index (κ1) is 15.9. The largest absolute Gasteiger partial charge is 0.434 e. The number of hydrogen-bond acceptors (Lipinski definition) is 4. The molecule has 0 saturated carbocycles. The summed E-state index contributed by atoms with van der Waals surface area (Å²) in [5.74, 6) is -0.267. The lowest BCUT2D eigenvalue weighted by atomic mass is 10.2. The highest BCUT2D eigenvalue weighted by Gasteiger charge is 2.11. The van der Waals surface area contributed by atoms with Crippen LogP contribution in [0, 0.1) is 0 Å². The third kappa shape index (κ3) is 3.65. The Balaban J connectivity index is 1.64. The van der Waals surface area contributed by atoms with Gasteiger partial charge in [0.15, 0.2) is 0 Å². The number of halogens is 2. The Kier molecular flexibility index (Phi) is 4.64. The van der Waals surface area contributed by atoms with Crippen LogP contribution in [0.5, 0.6) is 5.75 Å². The van der Waals surface area contributed by atoms with Crippen LogP contribution in [0.25, 0.3) is 11.0 Å². The minimum Gasteiger partial charge on any atom is -0.434 e. The molecule has 24 heavy (non-hydrogen) atoms. The lowest BCUT2D eigenvalue weighted by Crippen LogP contribution is -2.27. The number of nitrogens with zero attached hydrogens (tertiary/aromatic N) is 3. The van der Waals surface area contributed by atoms with Gasteiger partial charge in [0.25, 0.3) is 0 Å². The Labute approximate surface area is 136 Å². The molecule has 0 spiro atoms. The zero-order chi connectivity index (χ0) is 16.9. The first-order chi connectivity index (χ1) is 11.6. The molecular weight excluding hydrogens is 318 g/mol. The molecule has 6 nitrogen and oxygen atoms in total. The number of aromatic nitrogens is 3. The minimum atomic E-state index is -2.91. The van der Waals surface area contributed by atoms with Gasteiger partial charge in [0, 0.05) is 12.1 Å². The first-order valence-electron chi connectivity index (χ1n) is 7.21. The molecule has 3 aromatic rings. The zero-order valence-electron chi connectivity index (χ0n) is 12.5. The zero-order valence-corrected chi connectivity index (χ0v) is 12.5. The Bertz CT molecular complexity index is 851. The number of ether oxygens (including phenoxy) is 1. The van der Waals surface area contributed by atoms with Gasteiger partial charge in [-0.25, -0.2) is 4.68 Å². The lowest BCUT2D eigenvalue weighted by molar-refractivity contribution is -0.121. The molecule has 0 aliphatic rings. The maximum absolute atomic E-state index is 12.4. The molecule has 0 aliphatic carbocycles. The maximum atomic E-state index is 12.4. The van der Waals surface area contributed by atoms with Crippen molar-refractivity contribution in [3.05, 3.63) is 54.1 Å². The van der Waals surface area contributed by atoms with Gasteiger partial charge in [-0.1, -0.05) is 35.5 Å². The highest BCUT2D eigenvalue weighted by atomic mass is 19.3. The number of nitrogens with one attached hydrogen (secondary N) is 1. The Morgan fingerprint density at radius 3 is 2.75 bits per heavy atom. The molecule has 1 aromatic heterocycles. The van der Waals surface area contributed by atoms with E-state index in [1.165, 1.54) is 10.7 Å². The second kappa shape index (κ2) is 7.03. The second-order valence-electron chi connectivity index (χ2n) is 5.00.